The number of hydrogen-bond donors (Lipinski definition) is 3. The van der Waals surface area contributed by atoms with Crippen LogP contribution in [0.15, 0.2) is 82.6 Å². The van der Waals surface area contributed by atoms with E-state index < -0.39 is 24.0 Å². The summed E-state index contributed by atoms with van der Waals surface area (Å²) < 4.78 is 7.57. The van der Waals surface area contributed by atoms with E-state index in [2.05, 4.69) is 80.0 Å². The third kappa shape index (κ3) is 6.03. The average molecular weight is 689 g/mol. The lowest BCUT2D eigenvalue weighted by Crippen LogP contribution is -2.24. The van der Waals surface area contributed by atoms with Gasteiger partial charge in [-0.25, -0.2) is 9.98 Å². The number of aromatic amines is 1. The van der Waals surface area contributed by atoms with E-state index in [-0.39, 0.29) is 41.7 Å². The van der Waals surface area contributed by atoms with Crippen LogP contribution in [0.1, 0.15) is 52.4 Å². The molecule has 1 fully saturated rings. The van der Waals surface area contributed by atoms with Crippen molar-refractivity contribution in [3.63, 3.8) is 0 Å². The highest BCUT2D eigenvalue weighted by molar-refractivity contribution is 6.23. The highest BCUT2D eigenvalue weighted by Crippen LogP contribution is 2.36. The van der Waals surface area contributed by atoms with E-state index in [4.69, 9.17) is 4.74 Å². The first-order valence-electron chi connectivity index (χ1n) is 16.7. The van der Waals surface area contributed by atoms with Gasteiger partial charge in [-0.05, 0) is 81.6 Å². The average Bonchev–Trinajstić information content (AvgIpc) is 3.70. The molecule has 0 amide bonds. The Balaban J connectivity index is 1.18. The third-order valence-corrected chi connectivity index (χ3v) is 9.12. The molecule has 3 atom stereocenters. The predicted octanol–water partition coefficient (Wildman–Crippen LogP) is 4.88. The lowest BCUT2D eigenvalue weighted by Gasteiger charge is -2.15. The fourth-order valence-electron chi connectivity index (χ4n) is 6.64. The number of benzene rings is 5. The van der Waals surface area contributed by atoms with E-state index in [9.17, 15) is 19.8 Å². The topological polar surface area (TPSA) is 146 Å². The van der Waals surface area contributed by atoms with Gasteiger partial charge in [-0.3, -0.25) is 19.1 Å². The minimum Gasteiger partial charge on any atom is -0.394 e. The smallest absolute Gasteiger partial charge is 0.280 e. The Labute approximate surface area is 297 Å². The number of hydrogen-bond acceptors (Lipinski definition) is 8. The first-order valence-corrected chi connectivity index (χ1v) is 16.7. The molecule has 8 rings (SSSR count). The zero-order valence-electron chi connectivity index (χ0n) is 28.5. The van der Waals surface area contributed by atoms with Crippen LogP contribution in [0.25, 0.3) is 43.5 Å². The molecule has 1 aliphatic rings. The van der Waals surface area contributed by atoms with E-state index in [1.54, 1.807) is 42.6 Å². The Bertz CT molecular complexity index is 2690. The van der Waals surface area contributed by atoms with Crippen LogP contribution in [-0.4, -0.2) is 79.7 Å². The maximum Gasteiger partial charge on any atom is 0.280 e. The number of imidazole rings is 1. The maximum absolute atomic E-state index is 13.1. The lowest BCUT2D eigenvalue weighted by atomic mass is 9.91. The number of aliphatic imine (C=N–C) groups is 1. The summed E-state index contributed by atoms with van der Waals surface area (Å²) in [4.78, 5) is 42.4. The van der Waals surface area contributed by atoms with Crippen LogP contribution in [0.4, 0.5) is 5.95 Å². The molecule has 0 spiro atoms. The van der Waals surface area contributed by atoms with Gasteiger partial charge in [0.1, 0.15) is 12.3 Å². The molecule has 3 N–H and O–H groups in total. The molecule has 256 valence electrons. The Morgan fingerprint density at radius 3 is 2.04 bits per heavy atom. The Morgan fingerprint density at radius 1 is 0.923 bits per heavy atom. The standard InChI is InChI=1S/C41H32N6O5/c1-23(49)27-9-6-24(7-10-27)4-5-25-16-28-11-13-30-18-26(19-31-14-12-29(17-25)36(28)37(30)31)8-15-34-43-38-39(44-41(45-40(38)51)42-22-46(2)3)47(34)35-20-32(50)33(21-48)52-35/h6-7,9-14,16-19,22,32-33,35,48,50H,20-21H2,1-3H3,(H,44,45,51)/b42-22+/t32-,33+,35+/m0/s1. The molecule has 0 aliphatic carbocycles. The van der Waals surface area contributed by atoms with Crippen molar-refractivity contribution in [3.8, 4) is 23.7 Å². The summed E-state index contributed by atoms with van der Waals surface area (Å²) >= 11 is 0. The Hall–Kier alpha value is -6.37. The number of aliphatic hydroxyl groups is 2. The number of aliphatic hydroxyl groups excluding tert-OH is 2. The van der Waals surface area contributed by atoms with Crippen LogP contribution in [0.5, 0.6) is 0 Å². The summed E-state index contributed by atoms with van der Waals surface area (Å²) in [5.74, 6) is 13.2. The van der Waals surface area contributed by atoms with Gasteiger partial charge in [0.05, 0.1) is 19.0 Å². The Kier molecular flexibility index (Phi) is 8.25. The van der Waals surface area contributed by atoms with Gasteiger partial charge in [0.15, 0.2) is 22.8 Å². The van der Waals surface area contributed by atoms with Crippen LogP contribution in [0.3, 0.4) is 0 Å². The molecule has 2 aromatic heterocycles. The van der Waals surface area contributed by atoms with Crippen molar-refractivity contribution >= 4 is 61.6 Å². The van der Waals surface area contributed by atoms with Crippen molar-refractivity contribution in [1.29, 1.82) is 0 Å². The number of fused-ring (bicyclic) bond motifs is 1. The van der Waals surface area contributed by atoms with Crippen molar-refractivity contribution in [1.82, 2.24) is 24.4 Å². The van der Waals surface area contributed by atoms with Crippen LogP contribution in [-0.2, 0) is 4.74 Å². The molecule has 11 nitrogen and oxygen atoms in total. The molecule has 11 heteroatoms. The van der Waals surface area contributed by atoms with Crippen molar-refractivity contribution in [2.75, 3.05) is 20.7 Å². The summed E-state index contributed by atoms with van der Waals surface area (Å²) in [6, 6.07) is 23.9. The summed E-state index contributed by atoms with van der Waals surface area (Å²) in [5.41, 5.74) is 2.91. The van der Waals surface area contributed by atoms with Crippen molar-refractivity contribution in [2.24, 2.45) is 4.99 Å². The van der Waals surface area contributed by atoms with Gasteiger partial charge in [-0.15, -0.1) is 0 Å². The number of H-pyrrole nitrogens is 1. The molecule has 5 aromatic carbocycles. The SMILES string of the molecule is CC(=O)c1ccc(C#Cc2cc3ccc4cc(C#Cc5nc6c(=O)[nH]c(/N=C/N(C)C)nc6n5[C@H]5C[C@H](O)[C@@H](CO)O5)cc5ccc(c2)c3c45)cc1. The number of carbonyl (C=O) groups excluding carboxylic acids is 1. The molecule has 52 heavy (non-hydrogen) atoms. The number of aromatic nitrogens is 4. The molecule has 1 saturated heterocycles. The van der Waals surface area contributed by atoms with Crippen LogP contribution >= 0.6 is 0 Å². The van der Waals surface area contributed by atoms with E-state index in [0.717, 1.165) is 49.0 Å². The van der Waals surface area contributed by atoms with Crippen LogP contribution < -0.4 is 5.56 Å². The maximum atomic E-state index is 13.1. The number of ether oxygens (including phenoxy) is 1. The second kappa shape index (κ2) is 13.1. The minimum absolute atomic E-state index is 0.0242. The van der Waals surface area contributed by atoms with Gasteiger partial charge < -0.3 is 19.8 Å². The predicted molar refractivity (Wildman–Crippen MR) is 200 cm³/mol. The molecular weight excluding hydrogens is 656 g/mol. The Morgan fingerprint density at radius 2 is 1.50 bits per heavy atom. The van der Waals surface area contributed by atoms with Gasteiger partial charge in [0.25, 0.3) is 5.56 Å². The first kappa shape index (κ1) is 32.8. The zero-order chi connectivity index (χ0) is 36.1. The van der Waals surface area contributed by atoms with Crippen molar-refractivity contribution in [3.05, 3.63) is 111 Å². The number of Topliss-reactive ketones (excluding diaryl/α,β-unsaturated/α-hetero) is 1. The number of rotatable bonds is 5. The normalized spacial score (nSPS) is 17.2. The highest BCUT2D eigenvalue weighted by Gasteiger charge is 2.37. The van der Waals surface area contributed by atoms with Gasteiger partial charge in [-0.2, -0.15) is 4.98 Å². The summed E-state index contributed by atoms with van der Waals surface area (Å²) in [6.07, 6.45) is -0.824. The van der Waals surface area contributed by atoms with Gasteiger partial charge >= 0.3 is 0 Å². The molecule has 0 saturated carbocycles. The molecule has 0 unspecified atom stereocenters. The van der Waals surface area contributed by atoms with Crippen molar-refractivity contribution in [2.45, 2.75) is 31.8 Å². The first-order chi connectivity index (χ1) is 25.1. The second-order valence-corrected chi connectivity index (χ2v) is 13.0. The molecule has 0 bridgehead atoms. The second-order valence-electron chi connectivity index (χ2n) is 13.0. The minimum atomic E-state index is -0.921. The van der Waals surface area contributed by atoms with E-state index >= 15 is 0 Å². The van der Waals surface area contributed by atoms with Crippen LogP contribution in [0, 0.1) is 23.7 Å². The summed E-state index contributed by atoms with van der Waals surface area (Å²) in [6.45, 7) is 1.18. The number of nitrogens with zero attached hydrogens (tertiary/aromatic N) is 5. The summed E-state index contributed by atoms with van der Waals surface area (Å²) in [5, 5.41) is 26.7. The fraction of sp³-hybridized carbons (Fsp3) is 0.195. The molecule has 0 radical (unpaired) electrons. The monoisotopic (exact) mass is 688 g/mol. The number of ketones is 1. The van der Waals surface area contributed by atoms with Crippen LogP contribution in [0.2, 0.25) is 0 Å². The largest absolute Gasteiger partial charge is 0.394 e. The van der Waals surface area contributed by atoms with E-state index in [1.165, 1.54) is 6.34 Å². The quantitative estimate of drug-likeness (QED) is 0.0763. The van der Waals surface area contributed by atoms with E-state index in [0.29, 0.717) is 5.56 Å². The zero-order valence-corrected chi connectivity index (χ0v) is 28.5. The number of nitrogens with one attached hydrogen (secondary N) is 1. The molecule has 1 aliphatic heterocycles. The fourth-order valence-corrected chi connectivity index (χ4v) is 6.64. The van der Waals surface area contributed by atoms with E-state index in [1.807, 2.05) is 24.3 Å². The highest BCUT2D eigenvalue weighted by atomic mass is 16.5. The molecular formula is C41H32N6O5. The van der Waals surface area contributed by atoms with Gasteiger partial charge in [0, 0.05) is 42.8 Å². The molecule has 7 aromatic rings. The lowest BCUT2D eigenvalue weighted by molar-refractivity contribution is -0.0434. The van der Waals surface area contributed by atoms with Crippen molar-refractivity contribution < 1.29 is 19.7 Å². The van der Waals surface area contributed by atoms with Gasteiger partial charge in [0.2, 0.25) is 5.95 Å². The summed E-state index contributed by atoms with van der Waals surface area (Å²) in [7, 11) is 3.60. The third-order valence-electron chi connectivity index (χ3n) is 9.12. The van der Waals surface area contributed by atoms with Gasteiger partial charge in [-0.1, -0.05) is 54.2 Å². The number of carbonyl (C=O) groups is 1. The molecule has 3 heterocycles.